The number of furan rings is 1. The minimum atomic E-state index is 0.629. The van der Waals surface area contributed by atoms with Gasteiger partial charge in [-0.3, -0.25) is 0 Å². The van der Waals surface area contributed by atoms with Gasteiger partial charge in [-0.1, -0.05) is 91.0 Å². The normalized spacial score (nSPS) is 10.9. The molecule has 0 radical (unpaired) electrons. The van der Waals surface area contributed by atoms with Gasteiger partial charge in [-0.2, -0.15) is 10.5 Å². The lowest BCUT2D eigenvalue weighted by atomic mass is 9.88. The van der Waals surface area contributed by atoms with Crippen molar-refractivity contribution in [3.63, 3.8) is 0 Å². The van der Waals surface area contributed by atoms with Crippen molar-refractivity contribution in [2.24, 2.45) is 0 Å². The van der Waals surface area contributed by atoms with Gasteiger partial charge in [-0.15, -0.1) is 0 Å². The predicted molar refractivity (Wildman–Crippen MR) is 165 cm³/mol. The molecule has 190 valence electrons. The Hall–Kier alpha value is -5.90. The molecule has 0 aliphatic rings. The fourth-order valence-corrected chi connectivity index (χ4v) is 5.59. The van der Waals surface area contributed by atoms with Gasteiger partial charge in [0.25, 0.3) is 0 Å². The number of fused-ring (bicyclic) bond motifs is 3. The van der Waals surface area contributed by atoms with Gasteiger partial charge in [0.1, 0.15) is 17.2 Å². The largest absolute Gasteiger partial charge is 0.456 e. The molecule has 3 heteroatoms. The van der Waals surface area contributed by atoms with E-state index in [1.165, 1.54) is 0 Å². The average molecular weight is 523 g/mol. The van der Waals surface area contributed by atoms with Crippen LogP contribution in [-0.4, -0.2) is 0 Å². The first kappa shape index (κ1) is 24.2. The first-order valence-electron chi connectivity index (χ1n) is 13.4. The third-order valence-corrected chi connectivity index (χ3v) is 7.57. The summed E-state index contributed by atoms with van der Waals surface area (Å²) in [7, 11) is 0. The van der Waals surface area contributed by atoms with E-state index in [4.69, 9.17) is 4.42 Å². The zero-order chi connectivity index (χ0) is 27.8. The van der Waals surface area contributed by atoms with Crippen molar-refractivity contribution in [2.75, 3.05) is 0 Å². The summed E-state index contributed by atoms with van der Waals surface area (Å²) in [5, 5.41) is 21.6. The SMILES string of the molecule is N#Cc1ccc(-c2cccc3oc4ccc(-c5cc(-c6ccccc6)c(C#N)c(-c6ccccc6)c5)cc4c23)cc1. The van der Waals surface area contributed by atoms with Crippen LogP contribution in [0, 0.1) is 22.7 Å². The molecule has 0 saturated heterocycles. The average Bonchev–Trinajstić information content (AvgIpc) is 3.43. The van der Waals surface area contributed by atoms with Crippen molar-refractivity contribution in [1.82, 2.24) is 0 Å². The molecule has 1 aromatic heterocycles. The van der Waals surface area contributed by atoms with Crippen LogP contribution in [0.3, 0.4) is 0 Å². The van der Waals surface area contributed by atoms with Crippen molar-refractivity contribution >= 4 is 21.9 Å². The third-order valence-electron chi connectivity index (χ3n) is 7.57. The fourth-order valence-electron chi connectivity index (χ4n) is 5.59. The summed E-state index contributed by atoms with van der Waals surface area (Å²) in [5.41, 5.74) is 10.9. The monoisotopic (exact) mass is 522 g/mol. The molecule has 0 N–H and O–H groups in total. The minimum absolute atomic E-state index is 0.629. The second-order valence-corrected chi connectivity index (χ2v) is 9.97. The van der Waals surface area contributed by atoms with E-state index in [9.17, 15) is 10.5 Å². The standard InChI is InChI=1S/C38H22N2O/c39-23-25-14-16-28(17-15-25)31-12-7-13-37-38(31)34-20-29(18-19-36(34)41-37)30-21-32(26-8-3-1-4-9-26)35(24-40)33(22-30)27-10-5-2-6-11-27/h1-22H. The summed E-state index contributed by atoms with van der Waals surface area (Å²) in [6, 6.07) is 49.1. The maximum atomic E-state index is 10.3. The van der Waals surface area contributed by atoms with Crippen LogP contribution >= 0.6 is 0 Å². The van der Waals surface area contributed by atoms with Crippen molar-refractivity contribution in [2.45, 2.75) is 0 Å². The highest BCUT2D eigenvalue weighted by Gasteiger charge is 2.17. The van der Waals surface area contributed by atoms with Crippen LogP contribution in [-0.2, 0) is 0 Å². The molecule has 0 spiro atoms. The maximum Gasteiger partial charge on any atom is 0.136 e. The predicted octanol–water partition coefficient (Wildman–Crippen LogP) is 10.00. The molecule has 0 amide bonds. The van der Waals surface area contributed by atoms with Crippen molar-refractivity contribution in [1.29, 1.82) is 10.5 Å². The molecule has 3 nitrogen and oxygen atoms in total. The van der Waals surface area contributed by atoms with E-state index < -0.39 is 0 Å². The molecule has 0 atom stereocenters. The number of hydrogen-bond donors (Lipinski definition) is 0. The summed E-state index contributed by atoms with van der Waals surface area (Å²) in [4.78, 5) is 0. The molecule has 0 bridgehead atoms. The van der Waals surface area contributed by atoms with Crippen LogP contribution in [0.15, 0.2) is 138 Å². The Morgan fingerprint density at radius 1 is 0.439 bits per heavy atom. The highest BCUT2D eigenvalue weighted by molar-refractivity contribution is 6.13. The summed E-state index contributed by atoms with van der Waals surface area (Å²) < 4.78 is 6.28. The second-order valence-electron chi connectivity index (χ2n) is 9.97. The number of rotatable bonds is 4. The molecular weight excluding hydrogens is 500 g/mol. The second kappa shape index (κ2) is 10.0. The van der Waals surface area contributed by atoms with Crippen LogP contribution < -0.4 is 0 Å². The first-order chi connectivity index (χ1) is 20.2. The summed E-state index contributed by atoms with van der Waals surface area (Å²) in [6.45, 7) is 0. The lowest BCUT2D eigenvalue weighted by Gasteiger charge is -2.14. The quantitative estimate of drug-likeness (QED) is 0.231. The zero-order valence-corrected chi connectivity index (χ0v) is 22.0. The van der Waals surface area contributed by atoms with Gasteiger partial charge in [0, 0.05) is 21.9 Å². The van der Waals surface area contributed by atoms with Crippen LogP contribution in [0.4, 0.5) is 0 Å². The van der Waals surface area contributed by atoms with E-state index >= 15 is 0 Å². The van der Waals surface area contributed by atoms with Crippen LogP contribution in [0.5, 0.6) is 0 Å². The molecule has 41 heavy (non-hydrogen) atoms. The molecule has 0 aliphatic carbocycles. The summed E-state index contributed by atoms with van der Waals surface area (Å²) >= 11 is 0. The van der Waals surface area contributed by atoms with E-state index in [0.29, 0.717) is 11.1 Å². The fraction of sp³-hybridized carbons (Fsp3) is 0. The van der Waals surface area contributed by atoms with Gasteiger partial charge in [0.2, 0.25) is 0 Å². The van der Waals surface area contributed by atoms with Crippen molar-refractivity contribution in [3.8, 4) is 56.6 Å². The molecule has 6 aromatic carbocycles. The van der Waals surface area contributed by atoms with E-state index in [1.807, 2.05) is 103 Å². The summed E-state index contributed by atoms with van der Waals surface area (Å²) in [6.07, 6.45) is 0. The molecule has 0 saturated carbocycles. The number of hydrogen-bond acceptors (Lipinski definition) is 3. The Morgan fingerprint density at radius 3 is 1.66 bits per heavy atom. The van der Waals surface area contributed by atoms with Crippen LogP contribution in [0.25, 0.3) is 66.4 Å². The molecule has 7 aromatic rings. The number of benzene rings is 6. The molecule has 0 fully saturated rings. The van der Waals surface area contributed by atoms with Gasteiger partial charge in [0.15, 0.2) is 0 Å². The lowest BCUT2D eigenvalue weighted by molar-refractivity contribution is 0.669. The van der Waals surface area contributed by atoms with E-state index in [1.54, 1.807) is 0 Å². The molecule has 0 unspecified atom stereocenters. The van der Waals surface area contributed by atoms with E-state index in [-0.39, 0.29) is 0 Å². The van der Waals surface area contributed by atoms with Crippen molar-refractivity contribution in [3.05, 3.63) is 145 Å². The molecular formula is C38H22N2O. The third kappa shape index (κ3) is 4.23. The van der Waals surface area contributed by atoms with E-state index in [2.05, 4.69) is 42.5 Å². The summed E-state index contributed by atoms with van der Waals surface area (Å²) in [5.74, 6) is 0. The Bertz CT molecular complexity index is 2080. The van der Waals surface area contributed by atoms with Gasteiger partial charge in [0.05, 0.1) is 17.2 Å². The Kier molecular flexibility index (Phi) is 5.90. The Morgan fingerprint density at radius 2 is 1.05 bits per heavy atom. The highest BCUT2D eigenvalue weighted by Crippen LogP contribution is 2.41. The highest BCUT2D eigenvalue weighted by atomic mass is 16.3. The molecule has 0 aliphatic heterocycles. The van der Waals surface area contributed by atoms with Crippen molar-refractivity contribution < 1.29 is 4.42 Å². The number of nitrogens with zero attached hydrogens (tertiary/aromatic N) is 2. The minimum Gasteiger partial charge on any atom is -0.456 e. The van der Waals surface area contributed by atoms with Crippen LogP contribution in [0.1, 0.15) is 11.1 Å². The Balaban J connectivity index is 1.47. The van der Waals surface area contributed by atoms with Gasteiger partial charge in [-0.25, -0.2) is 0 Å². The molecule has 1 heterocycles. The smallest absolute Gasteiger partial charge is 0.136 e. The van der Waals surface area contributed by atoms with Crippen LogP contribution in [0.2, 0.25) is 0 Å². The van der Waals surface area contributed by atoms with E-state index in [0.717, 1.165) is 66.4 Å². The van der Waals surface area contributed by atoms with Gasteiger partial charge < -0.3 is 4.42 Å². The van der Waals surface area contributed by atoms with Gasteiger partial charge in [-0.05, 0) is 75.8 Å². The zero-order valence-electron chi connectivity index (χ0n) is 22.0. The lowest BCUT2D eigenvalue weighted by Crippen LogP contribution is -1.92. The Labute approximate surface area is 237 Å². The topological polar surface area (TPSA) is 60.7 Å². The van der Waals surface area contributed by atoms with Gasteiger partial charge >= 0.3 is 0 Å². The number of nitriles is 2. The first-order valence-corrected chi connectivity index (χ1v) is 13.4. The maximum absolute atomic E-state index is 10.3. The molecule has 7 rings (SSSR count).